The molecule has 1 aromatic rings. The SMILES string of the molecule is COCCOCC(=O)N(CCc1ccccc1)CC(=O)O. The summed E-state index contributed by atoms with van der Waals surface area (Å²) in [7, 11) is 1.54. The summed E-state index contributed by atoms with van der Waals surface area (Å²) < 4.78 is 9.95. The molecule has 116 valence electrons. The van der Waals surface area contributed by atoms with Gasteiger partial charge in [0.25, 0.3) is 0 Å². The van der Waals surface area contributed by atoms with Crippen molar-refractivity contribution in [3.05, 3.63) is 35.9 Å². The average Bonchev–Trinajstić information content (AvgIpc) is 2.48. The third-order valence-electron chi connectivity index (χ3n) is 2.85. The third kappa shape index (κ3) is 7.43. The number of carbonyl (C=O) groups excluding carboxylic acids is 1. The molecule has 0 saturated heterocycles. The minimum atomic E-state index is -1.03. The smallest absolute Gasteiger partial charge is 0.323 e. The summed E-state index contributed by atoms with van der Waals surface area (Å²) in [6, 6.07) is 9.61. The minimum Gasteiger partial charge on any atom is -0.480 e. The van der Waals surface area contributed by atoms with E-state index in [4.69, 9.17) is 14.6 Å². The largest absolute Gasteiger partial charge is 0.480 e. The molecule has 0 saturated carbocycles. The number of methoxy groups -OCH3 is 1. The van der Waals surface area contributed by atoms with Crippen LogP contribution in [-0.2, 0) is 25.5 Å². The van der Waals surface area contributed by atoms with E-state index in [0.717, 1.165) is 5.56 Å². The van der Waals surface area contributed by atoms with E-state index in [1.54, 1.807) is 7.11 Å². The monoisotopic (exact) mass is 295 g/mol. The van der Waals surface area contributed by atoms with E-state index in [-0.39, 0.29) is 19.1 Å². The summed E-state index contributed by atoms with van der Waals surface area (Å²) in [6.07, 6.45) is 0.609. The number of ether oxygens (including phenoxy) is 2. The predicted octanol–water partition coefficient (Wildman–Crippen LogP) is 0.805. The molecule has 0 atom stereocenters. The fourth-order valence-corrected chi connectivity index (χ4v) is 1.76. The Bertz CT molecular complexity index is 435. The molecule has 0 fully saturated rings. The van der Waals surface area contributed by atoms with Crippen LogP contribution < -0.4 is 0 Å². The van der Waals surface area contributed by atoms with E-state index in [1.807, 2.05) is 30.3 Å². The highest BCUT2D eigenvalue weighted by Crippen LogP contribution is 2.02. The maximum atomic E-state index is 12.0. The number of amides is 1. The molecule has 1 N–H and O–H groups in total. The molecule has 0 unspecified atom stereocenters. The first-order valence-electron chi connectivity index (χ1n) is 6.73. The topological polar surface area (TPSA) is 76.1 Å². The van der Waals surface area contributed by atoms with Crippen LogP contribution in [0.2, 0.25) is 0 Å². The standard InChI is InChI=1S/C15H21NO5/c1-20-9-10-21-12-14(17)16(11-15(18)19)8-7-13-5-3-2-4-6-13/h2-6H,7-12H2,1H3,(H,18,19). The Labute approximate surface area is 124 Å². The third-order valence-corrected chi connectivity index (χ3v) is 2.85. The Balaban J connectivity index is 2.46. The molecule has 0 aliphatic rings. The van der Waals surface area contributed by atoms with Gasteiger partial charge in [-0.1, -0.05) is 30.3 Å². The Morgan fingerprint density at radius 3 is 2.52 bits per heavy atom. The van der Waals surface area contributed by atoms with E-state index in [0.29, 0.717) is 26.2 Å². The van der Waals surface area contributed by atoms with Gasteiger partial charge in [0.15, 0.2) is 0 Å². The van der Waals surface area contributed by atoms with Crippen molar-refractivity contribution in [2.24, 2.45) is 0 Å². The molecule has 0 aromatic heterocycles. The van der Waals surface area contributed by atoms with Crippen molar-refractivity contribution < 1.29 is 24.2 Å². The van der Waals surface area contributed by atoms with E-state index < -0.39 is 5.97 Å². The number of carboxylic acid groups (broad SMARTS) is 1. The number of benzene rings is 1. The summed E-state index contributed by atoms with van der Waals surface area (Å²) >= 11 is 0. The van der Waals surface area contributed by atoms with Crippen LogP contribution in [0.4, 0.5) is 0 Å². The van der Waals surface area contributed by atoms with Gasteiger partial charge in [0, 0.05) is 13.7 Å². The van der Waals surface area contributed by atoms with Crippen molar-refractivity contribution >= 4 is 11.9 Å². The molecule has 6 heteroatoms. The molecule has 1 rings (SSSR count). The summed E-state index contributed by atoms with van der Waals surface area (Å²) in [4.78, 5) is 24.1. The molecule has 0 aliphatic carbocycles. The summed E-state index contributed by atoms with van der Waals surface area (Å²) in [5.74, 6) is -1.36. The zero-order valence-corrected chi connectivity index (χ0v) is 12.2. The molecule has 1 amide bonds. The fraction of sp³-hybridized carbons (Fsp3) is 0.467. The first-order chi connectivity index (χ1) is 10.1. The van der Waals surface area contributed by atoms with Crippen molar-refractivity contribution in [2.75, 3.05) is 40.0 Å². The second kappa shape index (κ2) is 9.90. The molecule has 21 heavy (non-hydrogen) atoms. The predicted molar refractivity (Wildman–Crippen MR) is 77.1 cm³/mol. The molecule has 0 bridgehead atoms. The second-order valence-corrected chi connectivity index (χ2v) is 4.49. The van der Waals surface area contributed by atoms with Crippen molar-refractivity contribution in [3.63, 3.8) is 0 Å². The molecular weight excluding hydrogens is 274 g/mol. The Morgan fingerprint density at radius 1 is 1.19 bits per heavy atom. The minimum absolute atomic E-state index is 0.134. The van der Waals surface area contributed by atoms with E-state index in [9.17, 15) is 9.59 Å². The van der Waals surface area contributed by atoms with Crippen LogP contribution in [0.3, 0.4) is 0 Å². The van der Waals surface area contributed by atoms with Gasteiger partial charge in [-0.3, -0.25) is 9.59 Å². The van der Waals surface area contributed by atoms with Gasteiger partial charge in [-0.05, 0) is 12.0 Å². The normalized spacial score (nSPS) is 10.3. The Kier molecular flexibility index (Phi) is 8.08. The van der Waals surface area contributed by atoms with Crippen LogP contribution in [0.5, 0.6) is 0 Å². The fourth-order valence-electron chi connectivity index (χ4n) is 1.76. The first kappa shape index (κ1) is 17.1. The van der Waals surface area contributed by atoms with Crippen LogP contribution in [0.25, 0.3) is 0 Å². The van der Waals surface area contributed by atoms with Gasteiger partial charge in [0.1, 0.15) is 13.2 Å². The summed E-state index contributed by atoms with van der Waals surface area (Å²) in [6.45, 7) is 0.603. The van der Waals surface area contributed by atoms with E-state index in [1.165, 1.54) is 4.90 Å². The van der Waals surface area contributed by atoms with Crippen molar-refractivity contribution in [2.45, 2.75) is 6.42 Å². The number of carbonyl (C=O) groups is 2. The lowest BCUT2D eigenvalue weighted by Gasteiger charge is -2.20. The molecule has 0 spiro atoms. The van der Waals surface area contributed by atoms with Gasteiger partial charge in [-0.15, -0.1) is 0 Å². The second-order valence-electron chi connectivity index (χ2n) is 4.49. The zero-order valence-electron chi connectivity index (χ0n) is 12.2. The molecular formula is C15H21NO5. The summed E-state index contributed by atoms with van der Waals surface area (Å²) in [5, 5.41) is 8.88. The van der Waals surface area contributed by atoms with Crippen LogP contribution in [0, 0.1) is 0 Å². The van der Waals surface area contributed by atoms with Gasteiger partial charge < -0.3 is 19.5 Å². The van der Waals surface area contributed by atoms with Crippen LogP contribution in [0.15, 0.2) is 30.3 Å². The van der Waals surface area contributed by atoms with Crippen molar-refractivity contribution in [3.8, 4) is 0 Å². The number of rotatable bonds is 10. The molecule has 0 aliphatic heterocycles. The average molecular weight is 295 g/mol. The summed E-state index contributed by atoms with van der Waals surface area (Å²) in [5.41, 5.74) is 1.06. The van der Waals surface area contributed by atoms with Crippen molar-refractivity contribution in [1.29, 1.82) is 0 Å². The lowest BCUT2D eigenvalue weighted by Crippen LogP contribution is -2.39. The van der Waals surface area contributed by atoms with E-state index in [2.05, 4.69) is 0 Å². The number of hydrogen-bond acceptors (Lipinski definition) is 4. The Hall–Kier alpha value is -1.92. The lowest BCUT2D eigenvalue weighted by molar-refractivity contribution is -0.146. The van der Waals surface area contributed by atoms with Gasteiger partial charge in [-0.25, -0.2) is 0 Å². The van der Waals surface area contributed by atoms with Crippen LogP contribution in [0.1, 0.15) is 5.56 Å². The first-order valence-corrected chi connectivity index (χ1v) is 6.73. The number of aliphatic carboxylic acids is 1. The van der Waals surface area contributed by atoms with Gasteiger partial charge in [0.05, 0.1) is 13.2 Å². The highest BCUT2D eigenvalue weighted by atomic mass is 16.5. The van der Waals surface area contributed by atoms with Crippen molar-refractivity contribution in [1.82, 2.24) is 4.90 Å². The molecule has 0 heterocycles. The quantitative estimate of drug-likeness (QED) is 0.646. The van der Waals surface area contributed by atoms with Gasteiger partial charge in [-0.2, -0.15) is 0 Å². The van der Waals surface area contributed by atoms with Gasteiger partial charge in [0.2, 0.25) is 5.91 Å². The molecule has 0 radical (unpaired) electrons. The number of nitrogens with zero attached hydrogens (tertiary/aromatic N) is 1. The van der Waals surface area contributed by atoms with Crippen LogP contribution in [-0.4, -0.2) is 61.9 Å². The highest BCUT2D eigenvalue weighted by Gasteiger charge is 2.16. The zero-order chi connectivity index (χ0) is 15.5. The maximum Gasteiger partial charge on any atom is 0.323 e. The van der Waals surface area contributed by atoms with Crippen LogP contribution >= 0.6 is 0 Å². The number of carboxylic acids is 1. The highest BCUT2D eigenvalue weighted by molar-refractivity contribution is 5.82. The lowest BCUT2D eigenvalue weighted by atomic mass is 10.1. The Morgan fingerprint density at radius 2 is 1.90 bits per heavy atom. The van der Waals surface area contributed by atoms with Gasteiger partial charge >= 0.3 is 5.97 Å². The van der Waals surface area contributed by atoms with E-state index >= 15 is 0 Å². The maximum absolute atomic E-state index is 12.0. The molecule has 6 nitrogen and oxygen atoms in total. The number of hydrogen-bond donors (Lipinski definition) is 1. The molecule has 1 aromatic carbocycles.